The van der Waals surface area contributed by atoms with E-state index in [2.05, 4.69) is 9.88 Å². The minimum absolute atomic E-state index is 0.0607. The quantitative estimate of drug-likeness (QED) is 0.614. The number of nitrogens with one attached hydrogen (secondary N) is 1. The van der Waals surface area contributed by atoms with Crippen molar-refractivity contribution >= 4 is 10.9 Å². The fourth-order valence-electron chi connectivity index (χ4n) is 4.88. The molecule has 0 spiro atoms. The average molecular weight is 444 g/mol. The number of aromatic nitrogens is 1. The molecule has 2 atom stereocenters. The number of para-hydroxylation sites is 1. The number of benzene rings is 2. The van der Waals surface area contributed by atoms with Crippen LogP contribution in [0.1, 0.15) is 38.1 Å². The summed E-state index contributed by atoms with van der Waals surface area (Å²) in [5.41, 5.74) is 0.192. The molecule has 1 N–H and O–H groups in total. The fourth-order valence-corrected chi connectivity index (χ4v) is 4.88. The summed E-state index contributed by atoms with van der Waals surface area (Å²) in [5.74, 6) is -1.17. The van der Waals surface area contributed by atoms with E-state index in [1.165, 1.54) is 26.0 Å². The van der Waals surface area contributed by atoms with Gasteiger partial charge in [0.25, 0.3) is 0 Å². The molecule has 1 saturated heterocycles. The van der Waals surface area contributed by atoms with Crippen molar-refractivity contribution in [3.63, 3.8) is 0 Å². The molecule has 2 aliphatic rings. The molecular weight excluding hydrogens is 415 g/mol. The number of hydrogen-bond donors (Lipinski definition) is 1. The SMILES string of the molecule is C[C@@H]1Cn2c(cc3ccccc32)[C@@H](c2c(F)cc(OC3CNC3)cc2F)N1CC(C)(C)F. The molecule has 1 aromatic heterocycles. The first-order valence-corrected chi connectivity index (χ1v) is 11.1. The number of nitrogens with zero attached hydrogens (tertiary/aromatic N) is 2. The van der Waals surface area contributed by atoms with E-state index in [9.17, 15) is 4.39 Å². The van der Waals surface area contributed by atoms with Crippen LogP contribution in [0.15, 0.2) is 42.5 Å². The zero-order chi connectivity index (χ0) is 22.6. The highest BCUT2D eigenvalue weighted by molar-refractivity contribution is 5.82. The molecule has 2 aliphatic heterocycles. The largest absolute Gasteiger partial charge is 0.488 e. The minimum Gasteiger partial charge on any atom is -0.488 e. The molecule has 2 aromatic carbocycles. The maximum absolute atomic E-state index is 15.5. The van der Waals surface area contributed by atoms with E-state index in [1.54, 1.807) is 0 Å². The van der Waals surface area contributed by atoms with Gasteiger partial charge in [0, 0.05) is 61.1 Å². The van der Waals surface area contributed by atoms with Crippen molar-refractivity contribution in [3.8, 4) is 5.75 Å². The predicted octanol–water partition coefficient (Wildman–Crippen LogP) is 4.81. The summed E-state index contributed by atoms with van der Waals surface area (Å²) in [4.78, 5) is 1.88. The summed E-state index contributed by atoms with van der Waals surface area (Å²) in [7, 11) is 0. The fraction of sp³-hybridized carbons (Fsp3) is 0.440. The van der Waals surface area contributed by atoms with Gasteiger partial charge >= 0.3 is 0 Å². The average Bonchev–Trinajstić information content (AvgIpc) is 3.04. The molecule has 7 heteroatoms. The smallest absolute Gasteiger partial charge is 0.135 e. The minimum atomic E-state index is -1.52. The van der Waals surface area contributed by atoms with Crippen molar-refractivity contribution in [3.05, 3.63) is 65.4 Å². The monoisotopic (exact) mass is 443 g/mol. The van der Waals surface area contributed by atoms with Crippen molar-refractivity contribution in [2.75, 3.05) is 19.6 Å². The van der Waals surface area contributed by atoms with Crippen molar-refractivity contribution in [1.82, 2.24) is 14.8 Å². The summed E-state index contributed by atoms with van der Waals surface area (Å²) in [6, 6.07) is 11.5. The maximum Gasteiger partial charge on any atom is 0.135 e. The highest BCUT2D eigenvalue weighted by atomic mass is 19.1. The van der Waals surface area contributed by atoms with E-state index in [0.29, 0.717) is 19.6 Å². The van der Waals surface area contributed by atoms with Gasteiger partial charge in [-0.15, -0.1) is 0 Å². The Bertz CT molecular complexity index is 1130. The topological polar surface area (TPSA) is 29.4 Å². The summed E-state index contributed by atoms with van der Waals surface area (Å²) < 4.78 is 53.6. The van der Waals surface area contributed by atoms with Gasteiger partial charge < -0.3 is 14.6 Å². The molecule has 1 fully saturated rings. The van der Waals surface area contributed by atoms with Gasteiger partial charge in [0.1, 0.15) is 29.2 Å². The van der Waals surface area contributed by atoms with Gasteiger partial charge in [0.15, 0.2) is 0 Å². The van der Waals surface area contributed by atoms with Gasteiger partial charge in [-0.1, -0.05) is 18.2 Å². The lowest BCUT2D eigenvalue weighted by Crippen LogP contribution is -2.50. The molecule has 0 bridgehead atoms. The third-order valence-corrected chi connectivity index (χ3v) is 6.40. The molecule has 5 rings (SSSR count). The Kier molecular flexibility index (Phi) is 5.21. The molecule has 4 nitrogen and oxygen atoms in total. The summed E-state index contributed by atoms with van der Waals surface area (Å²) >= 11 is 0. The lowest BCUT2D eigenvalue weighted by molar-refractivity contribution is 0.0506. The van der Waals surface area contributed by atoms with Crippen molar-refractivity contribution in [1.29, 1.82) is 0 Å². The van der Waals surface area contributed by atoms with Crippen LogP contribution in [0.2, 0.25) is 0 Å². The molecular formula is C25H28F3N3O. The molecule has 32 heavy (non-hydrogen) atoms. The number of alkyl halides is 1. The van der Waals surface area contributed by atoms with Crippen LogP contribution in [0.5, 0.6) is 5.75 Å². The Morgan fingerprint density at radius 3 is 2.41 bits per heavy atom. The second-order valence-electron chi connectivity index (χ2n) is 9.58. The third kappa shape index (κ3) is 3.77. The molecule has 0 radical (unpaired) electrons. The van der Waals surface area contributed by atoms with Crippen LogP contribution in [0.3, 0.4) is 0 Å². The number of fused-ring (bicyclic) bond motifs is 3. The van der Waals surface area contributed by atoms with E-state index >= 15 is 8.78 Å². The third-order valence-electron chi connectivity index (χ3n) is 6.40. The normalized spacial score (nSPS) is 22.1. The lowest BCUT2D eigenvalue weighted by atomic mass is 9.94. The van der Waals surface area contributed by atoms with E-state index in [-0.39, 0.29) is 30.0 Å². The Hall–Kier alpha value is -2.51. The first-order chi connectivity index (χ1) is 15.2. The lowest BCUT2D eigenvalue weighted by Gasteiger charge is -2.44. The second-order valence-corrected chi connectivity index (χ2v) is 9.58. The van der Waals surface area contributed by atoms with Crippen LogP contribution >= 0.6 is 0 Å². The Balaban J connectivity index is 1.65. The molecule has 170 valence electrons. The summed E-state index contributed by atoms with van der Waals surface area (Å²) in [6.45, 7) is 6.97. The number of ether oxygens (including phenoxy) is 1. The molecule has 3 heterocycles. The van der Waals surface area contributed by atoms with Crippen LogP contribution in [0.25, 0.3) is 10.9 Å². The van der Waals surface area contributed by atoms with Gasteiger partial charge in [-0.05, 0) is 38.3 Å². The maximum atomic E-state index is 15.5. The van der Waals surface area contributed by atoms with Gasteiger partial charge in [-0.25, -0.2) is 13.2 Å². The van der Waals surface area contributed by atoms with E-state index in [4.69, 9.17) is 4.74 Å². The second kappa shape index (κ2) is 7.81. The van der Waals surface area contributed by atoms with Crippen LogP contribution < -0.4 is 10.1 Å². The number of hydrogen-bond acceptors (Lipinski definition) is 3. The van der Waals surface area contributed by atoms with Crippen LogP contribution in [0, 0.1) is 11.6 Å². The van der Waals surface area contributed by atoms with Gasteiger partial charge in [0.2, 0.25) is 0 Å². The van der Waals surface area contributed by atoms with E-state index in [1.807, 2.05) is 42.2 Å². The highest BCUT2D eigenvalue weighted by Crippen LogP contribution is 2.42. The number of rotatable bonds is 5. The standard InChI is InChI=1S/C25H28F3N3O/c1-15-13-30-21-7-5-4-6-16(21)8-22(30)24(31(15)14-25(2,3)28)23-19(26)9-17(10-20(23)27)32-18-11-29-12-18/h4-10,15,18,24,29H,11-14H2,1-3H3/t15-,24+/m1/s1. The van der Waals surface area contributed by atoms with Gasteiger partial charge in [0.05, 0.1) is 6.04 Å². The first-order valence-electron chi connectivity index (χ1n) is 11.1. The summed E-state index contributed by atoms with van der Waals surface area (Å²) in [6.07, 6.45) is -0.0827. The van der Waals surface area contributed by atoms with Crippen LogP contribution in [0.4, 0.5) is 13.2 Å². The molecule has 0 amide bonds. The van der Waals surface area contributed by atoms with E-state index in [0.717, 1.165) is 16.6 Å². The Labute approximate surface area is 186 Å². The Morgan fingerprint density at radius 1 is 1.09 bits per heavy atom. The zero-order valence-corrected chi connectivity index (χ0v) is 18.5. The van der Waals surface area contributed by atoms with Gasteiger partial charge in [-0.3, -0.25) is 4.90 Å². The van der Waals surface area contributed by atoms with Crippen molar-refractivity contribution < 1.29 is 17.9 Å². The zero-order valence-electron chi connectivity index (χ0n) is 18.5. The van der Waals surface area contributed by atoms with Crippen LogP contribution in [-0.2, 0) is 6.54 Å². The first kappa shape index (κ1) is 21.3. The Morgan fingerprint density at radius 2 is 1.78 bits per heavy atom. The molecule has 0 unspecified atom stereocenters. The van der Waals surface area contributed by atoms with Crippen LogP contribution in [-0.4, -0.2) is 46.9 Å². The number of halogens is 3. The predicted molar refractivity (Wildman–Crippen MR) is 119 cm³/mol. The molecule has 3 aromatic rings. The summed E-state index contributed by atoms with van der Waals surface area (Å²) in [5, 5.41) is 4.07. The highest BCUT2D eigenvalue weighted by Gasteiger charge is 2.40. The molecule has 0 saturated carbocycles. The van der Waals surface area contributed by atoms with Crippen molar-refractivity contribution in [2.24, 2.45) is 0 Å². The van der Waals surface area contributed by atoms with E-state index < -0.39 is 23.3 Å². The molecule has 0 aliphatic carbocycles. The van der Waals surface area contributed by atoms with Gasteiger partial charge in [-0.2, -0.15) is 0 Å². The van der Waals surface area contributed by atoms with Crippen molar-refractivity contribution in [2.45, 2.75) is 51.2 Å².